The highest BCUT2D eigenvalue weighted by Crippen LogP contribution is 2.28. The van der Waals surface area contributed by atoms with Gasteiger partial charge in [0.25, 0.3) is 5.69 Å². The highest BCUT2D eigenvalue weighted by atomic mass is 32.2. The Hall–Kier alpha value is -3.67. The Morgan fingerprint density at radius 2 is 1.82 bits per heavy atom. The van der Waals surface area contributed by atoms with Gasteiger partial charge in [-0.2, -0.15) is 0 Å². The molecule has 38 heavy (non-hydrogen) atoms. The van der Waals surface area contributed by atoms with Crippen LogP contribution in [0.4, 0.5) is 11.4 Å². The fraction of sp³-hybridized carbons (Fsp3) is 0.462. The van der Waals surface area contributed by atoms with E-state index in [-0.39, 0.29) is 30.2 Å². The summed E-state index contributed by atoms with van der Waals surface area (Å²) in [6, 6.07) is 9.91. The standard InChI is InChI=1S/C26H36N4O7S/c1-8-22(25(32)27-26(3,4)5)28(16-19-10-9-11-21(14-19)37-6)24(31)17-29(38(7,35)36)23-15-20(30(33)34)13-12-18(23)2/h9-15,22H,8,16-17H2,1-7H3,(H,27,32)/t22-/m0/s1. The summed E-state index contributed by atoms with van der Waals surface area (Å²) in [5, 5.41) is 14.2. The number of ether oxygens (including phenoxy) is 1. The summed E-state index contributed by atoms with van der Waals surface area (Å²) in [6.07, 6.45) is 1.20. The molecule has 0 saturated carbocycles. The van der Waals surface area contributed by atoms with Crippen LogP contribution in [-0.2, 0) is 26.2 Å². The number of aryl methyl sites for hydroxylation is 1. The first-order valence-electron chi connectivity index (χ1n) is 12.0. The van der Waals surface area contributed by atoms with E-state index < -0.39 is 39.0 Å². The number of nitro benzene ring substituents is 1. The average Bonchev–Trinajstić information content (AvgIpc) is 2.81. The zero-order valence-electron chi connectivity index (χ0n) is 22.8. The van der Waals surface area contributed by atoms with Gasteiger partial charge in [-0.3, -0.25) is 24.0 Å². The topological polar surface area (TPSA) is 139 Å². The number of carbonyl (C=O) groups is 2. The molecule has 2 aromatic rings. The lowest BCUT2D eigenvalue weighted by Gasteiger charge is -2.34. The van der Waals surface area contributed by atoms with E-state index >= 15 is 0 Å². The molecule has 11 nitrogen and oxygen atoms in total. The predicted molar refractivity (Wildman–Crippen MR) is 146 cm³/mol. The van der Waals surface area contributed by atoms with E-state index in [9.17, 15) is 28.1 Å². The molecule has 2 amide bonds. The number of non-ortho nitro benzene ring substituents is 1. The molecule has 0 aromatic heterocycles. The molecule has 1 atom stereocenters. The molecule has 0 bridgehead atoms. The quantitative estimate of drug-likeness (QED) is 0.335. The molecule has 208 valence electrons. The zero-order chi connectivity index (χ0) is 28.8. The summed E-state index contributed by atoms with van der Waals surface area (Å²) in [7, 11) is -2.52. The third-order valence-corrected chi connectivity index (χ3v) is 6.85. The van der Waals surface area contributed by atoms with E-state index in [1.807, 2.05) is 20.8 Å². The fourth-order valence-electron chi connectivity index (χ4n) is 3.91. The summed E-state index contributed by atoms with van der Waals surface area (Å²) >= 11 is 0. The number of benzene rings is 2. The van der Waals surface area contributed by atoms with E-state index in [0.29, 0.717) is 16.9 Å². The van der Waals surface area contributed by atoms with Crippen LogP contribution in [0.3, 0.4) is 0 Å². The molecule has 0 fully saturated rings. The molecule has 0 spiro atoms. The first-order valence-corrected chi connectivity index (χ1v) is 13.9. The molecule has 0 saturated heterocycles. The SMILES string of the molecule is CC[C@@H](C(=O)NC(C)(C)C)N(Cc1cccc(OC)c1)C(=O)CN(c1cc([N+](=O)[O-])ccc1C)S(C)(=O)=O. The van der Waals surface area contributed by atoms with Gasteiger partial charge >= 0.3 is 0 Å². The number of amides is 2. The van der Waals surface area contributed by atoms with Gasteiger partial charge < -0.3 is 15.0 Å². The minimum Gasteiger partial charge on any atom is -0.497 e. The molecular weight excluding hydrogens is 512 g/mol. The molecule has 0 aliphatic heterocycles. The van der Waals surface area contributed by atoms with Gasteiger partial charge in [0.15, 0.2) is 0 Å². The zero-order valence-corrected chi connectivity index (χ0v) is 23.7. The van der Waals surface area contributed by atoms with Gasteiger partial charge in [0.2, 0.25) is 21.8 Å². The van der Waals surface area contributed by atoms with E-state index in [0.717, 1.165) is 16.6 Å². The number of nitrogens with zero attached hydrogens (tertiary/aromatic N) is 3. The van der Waals surface area contributed by atoms with Crippen molar-refractivity contribution in [1.82, 2.24) is 10.2 Å². The highest BCUT2D eigenvalue weighted by Gasteiger charge is 2.33. The van der Waals surface area contributed by atoms with Crippen LogP contribution in [0.25, 0.3) is 0 Å². The van der Waals surface area contributed by atoms with E-state index in [1.165, 1.54) is 24.1 Å². The number of nitro groups is 1. The van der Waals surface area contributed by atoms with Crippen molar-refractivity contribution in [2.24, 2.45) is 0 Å². The molecule has 2 rings (SSSR count). The number of methoxy groups -OCH3 is 1. The molecule has 0 unspecified atom stereocenters. The summed E-state index contributed by atoms with van der Waals surface area (Å²) < 4.78 is 31.8. The first-order chi connectivity index (χ1) is 17.6. The second-order valence-corrected chi connectivity index (χ2v) is 11.9. The number of anilines is 1. The maximum absolute atomic E-state index is 13.8. The van der Waals surface area contributed by atoms with Crippen LogP contribution in [0, 0.1) is 17.0 Å². The van der Waals surface area contributed by atoms with Gasteiger partial charge in [-0.1, -0.05) is 25.1 Å². The van der Waals surface area contributed by atoms with Gasteiger partial charge in [-0.25, -0.2) is 8.42 Å². The van der Waals surface area contributed by atoms with Crippen molar-refractivity contribution in [2.75, 3.05) is 24.2 Å². The Balaban J connectivity index is 2.56. The predicted octanol–water partition coefficient (Wildman–Crippen LogP) is 3.40. The van der Waals surface area contributed by atoms with Gasteiger partial charge in [0, 0.05) is 24.2 Å². The number of hydrogen-bond donors (Lipinski definition) is 1. The smallest absolute Gasteiger partial charge is 0.271 e. The molecular formula is C26H36N4O7S. The molecule has 12 heteroatoms. The van der Waals surface area contributed by atoms with Crippen LogP contribution in [0.1, 0.15) is 45.2 Å². The minimum atomic E-state index is -4.03. The van der Waals surface area contributed by atoms with Crippen LogP contribution < -0.4 is 14.4 Å². The van der Waals surface area contributed by atoms with Crippen LogP contribution in [0.2, 0.25) is 0 Å². The Labute approximate surface area is 224 Å². The summed E-state index contributed by atoms with van der Waals surface area (Å²) in [5.41, 5.74) is 0.260. The van der Waals surface area contributed by atoms with Crippen molar-refractivity contribution in [3.63, 3.8) is 0 Å². The van der Waals surface area contributed by atoms with Gasteiger partial charge in [0.05, 0.1) is 24.0 Å². The molecule has 1 N–H and O–H groups in total. The van der Waals surface area contributed by atoms with Gasteiger partial charge in [-0.15, -0.1) is 0 Å². The van der Waals surface area contributed by atoms with Crippen molar-refractivity contribution in [3.8, 4) is 5.75 Å². The van der Waals surface area contributed by atoms with E-state index in [1.54, 1.807) is 38.1 Å². The lowest BCUT2D eigenvalue weighted by Crippen LogP contribution is -2.55. The van der Waals surface area contributed by atoms with Gasteiger partial charge in [-0.05, 0) is 57.4 Å². The average molecular weight is 549 g/mol. The maximum atomic E-state index is 13.8. The van der Waals surface area contributed by atoms with Crippen LogP contribution in [0.15, 0.2) is 42.5 Å². The van der Waals surface area contributed by atoms with Crippen LogP contribution >= 0.6 is 0 Å². The Morgan fingerprint density at radius 1 is 1.16 bits per heavy atom. The number of carbonyl (C=O) groups excluding carboxylic acids is 2. The minimum absolute atomic E-state index is 0.0115. The summed E-state index contributed by atoms with van der Waals surface area (Å²) in [6.45, 7) is 8.19. The van der Waals surface area contributed by atoms with Crippen molar-refractivity contribution < 1.29 is 27.7 Å². The number of hydrogen-bond acceptors (Lipinski definition) is 7. The Bertz CT molecular complexity index is 1290. The summed E-state index contributed by atoms with van der Waals surface area (Å²) in [5.74, 6) is -0.458. The van der Waals surface area contributed by atoms with Crippen LogP contribution in [-0.4, -0.2) is 61.5 Å². The lowest BCUT2D eigenvalue weighted by molar-refractivity contribution is -0.384. The number of rotatable bonds is 11. The van der Waals surface area contributed by atoms with Crippen molar-refractivity contribution in [2.45, 2.75) is 59.2 Å². The maximum Gasteiger partial charge on any atom is 0.271 e. The first kappa shape index (κ1) is 30.6. The molecule has 0 radical (unpaired) electrons. The Morgan fingerprint density at radius 3 is 2.34 bits per heavy atom. The van der Waals surface area contributed by atoms with Crippen molar-refractivity contribution in [3.05, 3.63) is 63.7 Å². The third-order valence-electron chi connectivity index (χ3n) is 5.72. The molecule has 0 aliphatic rings. The second-order valence-electron chi connectivity index (χ2n) is 10.0. The largest absolute Gasteiger partial charge is 0.497 e. The van der Waals surface area contributed by atoms with E-state index in [4.69, 9.17) is 4.74 Å². The lowest BCUT2D eigenvalue weighted by atomic mass is 10.1. The third kappa shape index (κ3) is 8.17. The molecule has 2 aromatic carbocycles. The second kappa shape index (κ2) is 12.2. The van der Waals surface area contributed by atoms with E-state index in [2.05, 4.69) is 5.32 Å². The highest BCUT2D eigenvalue weighted by molar-refractivity contribution is 7.92. The summed E-state index contributed by atoms with van der Waals surface area (Å²) in [4.78, 5) is 39.1. The normalized spacial score (nSPS) is 12.4. The molecule has 0 aliphatic carbocycles. The molecule has 0 heterocycles. The van der Waals surface area contributed by atoms with Crippen molar-refractivity contribution >= 4 is 33.2 Å². The van der Waals surface area contributed by atoms with Gasteiger partial charge in [0.1, 0.15) is 18.3 Å². The van der Waals surface area contributed by atoms with Crippen LogP contribution in [0.5, 0.6) is 5.75 Å². The number of sulfonamides is 1. The van der Waals surface area contributed by atoms with Crippen molar-refractivity contribution in [1.29, 1.82) is 0 Å². The Kier molecular flexibility index (Phi) is 9.85. The fourth-order valence-corrected chi connectivity index (χ4v) is 4.81. The monoisotopic (exact) mass is 548 g/mol. The number of nitrogens with one attached hydrogen (secondary N) is 1.